The lowest BCUT2D eigenvalue weighted by atomic mass is 9.94. The lowest BCUT2D eigenvalue weighted by Crippen LogP contribution is -2.50. The summed E-state index contributed by atoms with van der Waals surface area (Å²) >= 11 is 1.68. The van der Waals surface area contributed by atoms with Crippen molar-refractivity contribution in [1.82, 2.24) is 19.7 Å². The van der Waals surface area contributed by atoms with Gasteiger partial charge in [-0.05, 0) is 37.1 Å². The van der Waals surface area contributed by atoms with E-state index in [0.29, 0.717) is 6.54 Å². The zero-order chi connectivity index (χ0) is 21.8. The zero-order valence-corrected chi connectivity index (χ0v) is 19.6. The van der Waals surface area contributed by atoms with Crippen molar-refractivity contribution in [2.75, 3.05) is 43.5 Å². The molecule has 32 heavy (non-hydrogen) atoms. The third-order valence-electron chi connectivity index (χ3n) is 6.66. The highest BCUT2D eigenvalue weighted by atomic mass is 32.1. The molecule has 0 bridgehead atoms. The summed E-state index contributed by atoms with van der Waals surface area (Å²) in [4.78, 5) is 5.10. The summed E-state index contributed by atoms with van der Waals surface area (Å²) in [6.07, 6.45) is 9.04. The molecule has 2 aliphatic rings. The number of benzene rings is 1. The van der Waals surface area contributed by atoms with Gasteiger partial charge in [-0.15, -0.1) is 10.2 Å². The molecule has 0 radical (unpaired) electrons. The first-order chi connectivity index (χ1) is 15.8. The molecular weight excluding hydrogens is 420 g/mol. The first-order valence-electron chi connectivity index (χ1n) is 11.7. The van der Waals surface area contributed by atoms with E-state index >= 15 is 0 Å². The first-order valence-corrected chi connectivity index (χ1v) is 12.5. The Bertz CT molecular complexity index is 1000. The third kappa shape index (κ3) is 4.76. The molecule has 170 valence electrons. The van der Waals surface area contributed by atoms with Gasteiger partial charge < -0.3 is 15.0 Å². The standard InChI is InChI=1S/C24H32N6OS/c1-31-22-11-5-7-19(17-22)25-18-21-10-6-12-30(21)24-27-26-23(32-24)29-15-13-28(14-16-29)20-8-3-2-4-9-20/h5-7,10-12,17,20,25H,2-4,8-9,13-16,18H2,1H3. The summed E-state index contributed by atoms with van der Waals surface area (Å²) < 4.78 is 7.45. The van der Waals surface area contributed by atoms with Crippen LogP contribution in [-0.2, 0) is 6.54 Å². The summed E-state index contributed by atoms with van der Waals surface area (Å²) in [6.45, 7) is 5.06. The number of nitrogens with one attached hydrogen (secondary N) is 1. The Balaban J connectivity index is 1.20. The molecule has 1 N–H and O–H groups in total. The van der Waals surface area contributed by atoms with Gasteiger partial charge in [0.1, 0.15) is 5.75 Å². The largest absolute Gasteiger partial charge is 0.497 e. The van der Waals surface area contributed by atoms with Crippen molar-refractivity contribution in [1.29, 1.82) is 0 Å². The molecule has 5 rings (SSSR count). The second-order valence-corrected chi connectivity index (χ2v) is 9.57. The van der Waals surface area contributed by atoms with Gasteiger partial charge in [-0.25, -0.2) is 0 Å². The Hall–Kier alpha value is -2.58. The number of rotatable bonds is 7. The maximum Gasteiger partial charge on any atom is 0.218 e. The highest BCUT2D eigenvalue weighted by molar-refractivity contribution is 7.17. The topological polar surface area (TPSA) is 58.5 Å². The van der Waals surface area contributed by atoms with Crippen molar-refractivity contribution in [2.45, 2.75) is 44.7 Å². The van der Waals surface area contributed by atoms with Crippen LogP contribution < -0.4 is 15.0 Å². The molecule has 0 amide bonds. The first kappa shape index (κ1) is 21.3. The van der Waals surface area contributed by atoms with Crippen molar-refractivity contribution in [3.8, 4) is 10.9 Å². The average Bonchev–Trinajstić information content (AvgIpc) is 3.53. The van der Waals surface area contributed by atoms with Crippen molar-refractivity contribution >= 4 is 22.2 Å². The fourth-order valence-electron chi connectivity index (χ4n) is 4.83. The second-order valence-electron chi connectivity index (χ2n) is 8.64. The van der Waals surface area contributed by atoms with Gasteiger partial charge in [0.25, 0.3) is 0 Å². The van der Waals surface area contributed by atoms with Crippen molar-refractivity contribution in [3.63, 3.8) is 0 Å². The Labute approximate surface area is 194 Å². The highest BCUT2D eigenvalue weighted by Gasteiger charge is 2.26. The van der Waals surface area contributed by atoms with Crippen molar-refractivity contribution < 1.29 is 4.74 Å². The smallest absolute Gasteiger partial charge is 0.218 e. The molecule has 0 atom stereocenters. The molecule has 1 aliphatic carbocycles. The van der Waals surface area contributed by atoms with E-state index in [0.717, 1.165) is 59.6 Å². The SMILES string of the molecule is COc1cccc(NCc2cccn2-c2nnc(N3CCN(C4CCCCC4)CC3)s2)c1. The minimum Gasteiger partial charge on any atom is -0.497 e. The molecule has 1 aliphatic heterocycles. The third-order valence-corrected chi connectivity index (χ3v) is 7.65. The van der Waals surface area contributed by atoms with Crippen LogP contribution in [0.3, 0.4) is 0 Å². The van der Waals surface area contributed by atoms with Crippen LogP contribution in [-0.4, -0.2) is 59.0 Å². The predicted molar refractivity (Wildman–Crippen MR) is 130 cm³/mol. The number of methoxy groups -OCH3 is 1. The van der Waals surface area contributed by atoms with Crippen LogP contribution in [0.15, 0.2) is 42.6 Å². The number of nitrogens with zero attached hydrogens (tertiary/aromatic N) is 5. The minimum atomic E-state index is 0.704. The predicted octanol–water partition coefficient (Wildman–Crippen LogP) is 4.40. The fraction of sp³-hybridized carbons (Fsp3) is 0.500. The highest BCUT2D eigenvalue weighted by Crippen LogP contribution is 2.28. The van der Waals surface area contributed by atoms with Crippen LogP contribution in [0.4, 0.5) is 10.8 Å². The number of hydrogen-bond donors (Lipinski definition) is 1. The Kier molecular flexibility index (Phi) is 6.59. The number of ether oxygens (including phenoxy) is 1. The van der Waals surface area contributed by atoms with Crippen molar-refractivity contribution in [3.05, 3.63) is 48.3 Å². The summed E-state index contributed by atoms with van der Waals surface area (Å²) in [5, 5.41) is 14.5. The molecular formula is C24H32N6OS. The van der Waals surface area contributed by atoms with E-state index in [1.807, 2.05) is 24.3 Å². The minimum absolute atomic E-state index is 0.704. The van der Waals surface area contributed by atoms with Crippen molar-refractivity contribution in [2.24, 2.45) is 0 Å². The molecule has 2 fully saturated rings. The summed E-state index contributed by atoms with van der Waals surface area (Å²) in [7, 11) is 1.69. The van der Waals surface area contributed by atoms with Gasteiger partial charge in [-0.2, -0.15) is 0 Å². The van der Waals surface area contributed by atoms with E-state index in [4.69, 9.17) is 4.74 Å². The Morgan fingerprint density at radius 1 is 1.00 bits per heavy atom. The van der Waals surface area contributed by atoms with E-state index < -0.39 is 0 Å². The summed E-state index contributed by atoms with van der Waals surface area (Å²) in [5.41, 5.74) is 2.18. The van der Waals surface area contributed by atoms with E-state index in [1.165, 1.54) is 32.1 Å². The van der Waals surface area contributed by atoms with Crippen LogP contribution in [0, 0.1) is 0 Å². The maximum atomic E-state index is 5.32. The molecule has 7 nitrogen and oxygen atoms in total. The number of hydrogen-bond acceptors (Lipinski definition) is 7. The molecule has 1 saturated heterocycles. The van der Waals surface area contributed by atoms with Gasteiger partial charge in [-0.1, -0.05) is 36.7 Å². The molecule has 0 unspecified atom stereocenters. The zero-order valence-electron chi connectivity index (χ0n) is 18.7. The molecule has 3 aromatic rings. The van der Waals surface area contributed by atoms with Gasteiger partial charge in [0.05, 0.1) is 13.7 Å². The fourth-order valence-corrected chi connectivity index (χ4v) is 5.75. The summed E-state index contributed by atoms with van der Waals surface area (Å²) in [5.74, 6) is 0.850. The van der Waals surface area contributed by atoms with Gasteiger partial charge in [0, 0.05) is 55.9 Å². The molecule has 0 spiro atoms. The quantitative estimate of drug-likeness (QED) is 0.573. The van der Waals surface area contributed by atoms with E-state index in [9.17, 15) is 0 Å². The summed E-state index contributed by atoms with van der Waals surface area (Å²) in [6, 6.07) is 13.0. The van der Waals surface area contributed by atoms with Crippen LogP contribution in [0.25, 0.3) is 5.13 Å². The van der Waals surface area contributed by atoms with Gasteiger partial charge in [-0.3, -0.25) is 9.47 Å². The number of piperazine rings is 1. The molecule has 1 saturated carbocycles. The molecule has 2 aromatic heterocycles. The van der Waals surface area contributed by atoms with E-state index in [2.05, 4.69) is 48.2 Å². The van der Waals surface area contributed by atoms with Crippen LogP contribution in [0.2, 0.25) is 0 Å². The van der Waals surface area contributed by atoms with Gasteiger partial charge in [0.15, 0.2) is 0 Å². The number of aromatic nitrogens is 3. The average molecular weight is 453 g/mol. The van der Waals surface area contributed by atoms with Crippen LogP contribution >= 0.6 is 11.3 Å². The van der Waals surface area contributed by atoms with E-state index in [-0.39, 0.29) is 0 Å². The van der Waals surface area contributed by atoms with Crippen LogP contribution in [0.1, 0.15) is 37.8 Å². The monoisotopic (exact) mass is 452 g/mol. The Morgan fingerprint density at radius 2 is 1.81 bits per heavy atom. The van der Waals surface area contributed by atoms with Crippen LogP contribution in [0.5, 0.6) is 5.75 Å². The lowest BCUT2D eigenvalue weighted by molar-refractivity contribution is 0.148. The van der Waals surface area contributed by atoms with E-state index in [1.54, 1.807) is 18.4 Å². The van der Waals surface area contributed by atoms with Gasteiger partial charge in [0.2, 0.25) is 10.3 Å². The van der Waals surface area contributed by atoms with Gasteiger partial charge >= 0.3 is 0 Å². The Morgan fingerprint density at radius 3 is 2.62 bits per heavy atom. The molecule has 8 heteroatoms. The lowest BCUT2D eigenvalue weighted by Gasteiger charge is -2.40. The maximum absolute atomic E-state index is 5.32. The number of anilines is 2. The normalized spacial score (nSPS) is 18.1. The molecule has 1 aromatic carbocycles. The second kappa shape index (κ2) is 9.92. The molecule has 3 heterocycles.